The summed E-state index contributed by atoms with van der Waals surface area (Å²) in [4.78, 5) is 2.26. The lowest BCUT2D eigenvalue weighted by Gasteiger charge is -2.27. The number of hydrogen-bond acceptors (Lipinski definition) is 5. The van der Waals surface area contributed by atoms with Gasteiger partial charge in [-0.2, -0.15) is 0 Å². The predicted octanol–water partition coefficient (Wildman–Crippen LogP) is 5.45. The monoisotopic (exact) mass is 433 g/mol. The van der Waals surface area contributed by atoms with E-state index in [4.69, 9.17) is 16.1 Å². The molecule has 1 fully saturated rings. The Labute approximate surface area is 185 Å². The summed E-state index contributed by atoms with van der Waals surface area (Å²) in [6.07, 6.45) is 4.27. The normalized spacial score (nSPS) is 21.6. The number of hydrogen-bond donors (Lipinski definition) is 0. The molecule has 6 nitrogen and oxygen atoms in total. The first kappa shape index (κ1) is 19.0. The second-order valence-corrected chi connectivity index (χ2v) is 9.30. The number of fused-ring (bicyclic) bond motifs is 4. The van der Waals surface area contributed by atoms with Gasteiger partial charge in [-0.15, -0.1) is 10.2 Å². The van der Waals surface area contributed by atoms with Crippen LogP contribution < -0.4 is 0 Å². The van der Waals surface area contributed by atoms with Crippen LogP contribution in [0.25, 0.3) is 16.6 Å². The zero-order chi connectivity index (χ0) is 20.9. The summed E-state index contributed by atoms with van der Waals surface area (Å²) in [6.45, 7) is 1.63. The highest BCUT2D eigenvalue weighted by atomic mass is 35.5. The van der Waals surface area contributed by atoms with Gasteiger partial charge in [0.15, 0.2) is 5.82 Å². The topological polar surface area (TPSA) is 60.0 Å². The van der Waals surface area contributed by atoms with E-state index >= 15 is 0 Å². The molecule has 3 heterocycles. The quantitative estimate of drug-likeness (QED) is 0.420. The highest BCUT2D eigenvalue weighted by molar-refractivity contribution is 6.30. The molecule has 0 unspecified atom stereocenters. The van der Waals surface area contributed by atoms with E-state index in [9.17, 15) is 0 Å². The Hall–Kier alpha value is -2.70. The third-order valence-corrected chi connectivity index (χ3v) is 7.00. The highest BCUT2D eigenvalue weighted by Gasteiger charge is 2.32. The van der Waals surface area contributed by atoms with Crippen LogP contribution in [0.2, 0.25) is 5.02 Å². The van der Waals surface area contributed by atoms with Crippen molar-refractivity contribution in [3.05, 3.63) is 70.5 Å². The van der Waals surface area contributed by atoms with E-state index in [1.807, 2.05) is 18.2 Å². The number of rotatable bonds is 2. The van der Waals surface area contributed by atoms with Gasteiger partial charge in [-0.3, -0.25) is 9.47 Å². The van der Waals surface area contributed by atoms with Gasteiger partial charge in [0.1, 0.15) is 17.1 Å². The van der Waals surface area contributed by atoms with Crippen LogP contribution in [0.1, 0.15) is 60.5 Å². The van der Waals surface area contributed by atoms with E-state index in [1.54, 1.807) is 0 Å². The van der Waals surface area contributed by atoms with Gasteiger partial charge in [-0.25, -0.2) is 0 Å². The van der Waals surface area contributed by atoms with Crippen LogP contribution in [0.15, 0.2) is 47.0 Å². The smallest absolute Gasteiger partial charge is 0.151 e. The molecule has 0 atom stereocenters. The van der Waals surface area contributed by atoms with Gasteiger partial charge in [-0.05, 0) is 68.6 Å². The minimum absolute atomic E-state index is 0.388. The van der Waals surface area contributed by atoms with E-state index in [0.717, 1.165) is 77.8 Å². The van der Waals surface area contributed by atoms with Crippen molar-refractivity contribution >= 4 is 22.5 Å². The SMILES string of the molecule is CN1Cc2cc(Cl)ccc2-n2c(nnc2C2CCC(c3onc4ccccc34)CC2)C1. The largest absolute Gasteiger partial charge is 0.360 e. The molecule has 0 N–H and O–H groups in total. The molecular weight excluding hydrogens is 410 g/mol. The molecule has 6 rings (SSSR count). The third-order valence-electron chi connectivity index (χ3n) is 6.76. The van der Waals surface area contributed by atoms with E-state index in [0.29, 0.717) is 11.8 Å². The summed E-state index contributed by atoms with van der Waals surface area (Å²) in [7, 11) is 2.11. The van der Waals surface area contributed by atoms with Crippen LogP contribution in [0.4, 0.5) is 0 Å². The summed E-state index contributed by atoms with van der Waals surface area (Å²) in [5.74, 6) is 3.92. The Morgan fingerprint density at radius 2 is 1.77 bits per heavy atom. The molecule has 31 heavy (non-hydrogen) atoms. The minimum Gasteiger partial charge on any atom is -0.360 e. The molecule has 4 aromatic rings. The standard InChI is InChI=1S/C24H24ClN5O/c1-29-13-17-12-18(25)10-11-21(17)30-22(14-29)26-27-24(30)16-8-6-15(7-9-16)23-19-4-2-3-5-20(19)28-31-23/h2-5,10-12,15-16H,6-9,13-14H2,1H3. The summed E-state index contributed by atoms with van der Waals surface area (Å²) >= 11 is 6.30. The van der Waals surface area contributed by atoms with Crippen molar-refractivity contribution in [1.82, 2.24) is 24.8 Å². The third kappa shape index (κ3) is 3.25. The van der Waals surface area contributed by atoms with Crippen molar-refractivity contribution in [2.45, 2.75) is 50.6 Å². The zero-order valence-corrected chi connectivity index (χ0v) is 18.2. The lowest BCUT2D eigenvalue weighted by Crippen LogP contribution is -2.17. The summed E-state index contributed by atoms with van der Waals surface area (Å²) in [5.41, 5.74) is 3.32. The fourth-order valence-corrected chi connectivity index (χ4v) is 5.46. The molecule has 158 valence electrons. The average molecular weight is 434 g/mol. The van der Waals surface area contributed by atoms with Crippen LogP contribution >= 0.6 is 11.6 Å². The van der Waals surface area contributed by atoms with Crippen molar-refractivity contribution in [2.24, 2.45) is 0 Å². The van der Waals surface area contributed by atoms with Crippen molar-refractivity contribution in [3.63, 3.8) is 0 Å². The molecule has 7 heteroatoms. The number of halogens is 1. The molecule has 1 aliphatic heterocycles. The Morgan fingerprint density at radius 3 is 2.65 bits per heavy atom. The molecule has 2 aliphatic rings. The molecule has 2 aromatic heterocycles. The van der Waals surface area contributed by atoms with Gasteiger partial charge < -0.3 is 4.52 Å². The van der Waals surface area contributed by atoms with Gasteiger partial charge in [0.05, 0.1) is 12.2 Å². The van der Waals surface area contributed by atoms with Crippen molar-refractivity contribution in [2.75, 3.05) is 7.05 Å². The van der Waals surface area contributed by atoms with Gasteiger partial charge in [0.2, 0.25) is 0 Å². The van der Waals surface area contributed by atoms with Crippen LogP contribution in [-0.4, -0.2) is 31.9 Å². The lowest BCUT2D eigenvalue weighted by atomic mass is 9.80. The van der Waals surface area contributed by atoms with E-state index in [2.05, 4.69) is 56.1 Å². The van der Waals surface area contributed by atoms with Gasteiger partial charge in [0, 0.05) is 28.8 Å². The maximum absolute atomic E-state index is 6.30. The van der Waals surface area contributed by atoms with Gasteiger partial charge >= 0.3 is 0 Å². The molecule has 2 aromatic carbocycles. The molecule has 0 amide bonds. The maximum atomic E-state index is 6.30. The Morgan fingerprint density at radius 1 is 0.968 bits per heavy atom. The van der Waals surface area contributed by atoms with Crippen LogP contribution in [-0.2, 0) is 13.1 Å². The van der Waals surface area contributed by atoms with E-state index in [-0.39, 0.29) is 0 Å². The Kier molecular flexibility index (Phi) is 4.58. The number of nitrogens with zero attached hydrogens (tertiary/aromatic N) is 5. The number of aromatic nitrogens is 4. The Balaban J connectivity index is 1.30. The van der Waals surface area contributed by atoms with Crippen molar-refractivity contribution in [1.29, 1.82) is 0 Å². The fourth-order valence-electron chi connectivity index (χ4n) is 5.26. The average Bonchev–Trinajstić information content (AvgIpc) is 3.35. The van der Waals surface area contributed by atoms with Gasteiger partial charge in [-0.1, -0.05) is 28.9 Å². The van der Waals surface area contributed by atoms with E-state index in [1.165, 1.54) is 5.56 Å². The van der Waals surface area contributed by atoms with E-state index < -0.39 is 0 Å². The summed E-state index contributed by atoms with van der Waals surface area (Å²) < 4.78 is 8.04. The van der Waals surface area contributed by atoms with Crippen molar-refractivity contribution < 1.29 is 4.52 Å². The second-order valence-electron chi connectivity index (χ2n) is 8.87. The first-order valence-electron chi connectivity index (χ1n) is 10.9. The minimum atomic E-state index is 0.388. The van der Waals surface area contributed by atoms with Crippen LogP contribution in [0.5, 0.6) is 0 Å². The molecular formula is C24H24ClN5O. The molecule has 0 radical (unpaired) electrons. The molecule has 0 spiro atoms. The van der Waals surface area contributed by atoms with Crippen molar-refractivity contribution in [3.8, 4) is 5.69 Å². The first-order valence-corrected chi connectivity index (χ1v) is 11.3. The molecule has 0 bridgehead atoms. The lowest BCUT2D eigenvalue weighted by molar-refractivity contribution is 0.307. The number of benzene rings is 2. The zero-order valence-electron chi connectivity index (χ0n) is 17.5. The molecule has 1 saturated carbocycles. The van der Waals surface area contributed by atoms with Crippen LogP contribution in [0.3, 0.4) is 0 Å². The molecule has 1 aliphatic carbocycles. The predicted molar refractivity (Wildman–Crippen MR) is 119 cm³/mol. The first-order chi connectivity index (χ1) is 15.2. The summed E-state index contributed by atoms with van der Waals surface area (Å²) in [5, 5.41) is 15.4. The highest BCUT2D eigenvalue weighted by Crippen LogP contribution is 2.43. The fraction of sp³-hybridized carbons (Fsp3) is 0.375. The van der Waals surface area contributed by atoms with Gasteiger partial charge in [0.25, 0.3) is 0 Å². The maximum Gasteiger partial charge on any atom is 0.151 e. The summed E-state index contributed by atoms with van der Waals surface area (Å²) in [6, 6.07) is 14.3. The Bertz CT molecular complexity index is 1250. The van der Waals surface area contributed by atoms with Crippen LogP contribution in [0, 0.1) is 0 Å². The molecule has 0 saturated heterocycles. The second kappa shape index (κ2) is 7.46.